The lowest BCUT2D eigenvalue weighted by Crippen LogP contribution is -2.31. The molecule has 0 fully saturated rings. The minimum absolute atomic E-state index is 0.157. The molecule has 0 rings (SSSR count). The van der Waals surface area contributed by atoms with E-state index in [1.165, 1.54) is 6.92 Å². The summed E-state index contributed by atoms with van der Waals surface area (Å²) in [5.74, 6) is -4.92. The van der Waals surface area contributed by atoms with E-state index in [-0.39, 0.29) is 6.42 Å². The Morgan fingerprint density at radius 3 is 2.54 bits per heavy atom. The van der Waals surface area contributed by atoms with Gasteiger partial charge in [0.25, 0.3) is 0 Å². The maximum atomic E-state index is 12.7. The van der Waals surface area contributed by atoms with E-state index in [1.54, 1.807) is 0 Å². The number of hydrogen-bond donors (Lipinski definition) is 1. The Bertz CT molecular complexity index is 207. The molecule has 1 unspecified atom stereocenters. The summed E-state index contributed by atoms with van der Waals surface area (Å²) in [5.41, 5.74) is 0. The van der Waals surface area contributed by atoms with Gasteiger partial charge in [0.2, 0.25) is 5.78 Å². The first-order valence-corrected chi connectivity index (χ1v) is 4.73. The van der Waals surface area contributed by atoms with Gasteiger partial charge in [0.1, 0.15) is 0 Å². The molecule has 0 saturated carbocycles. The third-order valence-corrected chi connectivity index (χ3v) is 1.63. The van der Waals surface area contributed by atoms with Crippen LogP contribution in [0, 0.1) is 0 Å². The minimum Gasteiger partial charge on any atom is -0.290 e. The van der Waals surface area contributed by atoms with Crippen molar-refractivity contribution in [3.05, 3.63) is 0 Å². The van der Waals surface area contributed by atoms with Crippen LogP contribution >= 0.6 is 8.25 Å². The number of alkyl halides is 2. The van der Waals surface area contributed by atoms with Crippen molar-refractivity contribution in [1.82, 2.24) is 0 Å². The molecule has 1 atom stereocenters. The molecule has 0 aliphatic heterocycles. The van der Waals surface area contributed by atoms with Crippen molar-refractivity contribution < 1.29 is 27.6 Å². The van der Waals surface area contributed by atoms with Crippen LogP contribution in [0.2, 0.25) is 0 Å². The van der Waals surface area contributed by atoms with Crippen LogP contribution in [-0.2, 0) is 13.9 Å². The van der Waals surface area contributed by atoms with E-state index in [0.29, 0.717) is 0 Å². The number of Topliss-reactive ketones (excluding diaryl/α,β-unsaturated/α-hetero) is 1. The Labute approximate surface area is 74.8 Å². The molecule has 13 heavy (non-hydrogen) atoms. The van der Waals surface area contributed by atoms with Crippen LogP contribution in [0.3, 0.4) is 0 Å². The topological polar surface area (TPSA) is 63.6 Å². The maximum absolute atomic E-state index is 12.7. The van der Waals surface area contributed by atoms with Crippen LogP contribution < -0.4 is 0 Å². The summed E-state index contributed by atoms with van der Waals surface area (Å²) in [5, 5.41) is 0. The van der Waals surface area contributed by atoms with E-state index in [2.05, 4.69) is 4.52 Å². The number of carbonyl (C=O) groups is 1. The normalized spacial score (nSPS) is 12.8. The fraction of sp³-hybridized carbons (Fsp3) is 0.833. The van der Waals surface area contributed by atoms with Crippen molar-refractivity contribution in [2.45, 2.75) is 25.7 Å². The summed E-state index contributed by atoms with van der Waals surface area (Å²) in [6.45, 7) is 0.479. The Kier molecular flexibility index (Phi) is 5.13. The lowest BCUT2D eigenvalue weighted by Gasteiger charge is -2.10. The monoisotopic (exact) mass is 215 g/mol. The summed E-state index contributed by atoms with van der Waals surface area (Å²) >= 11 is 0. The molecule has 0 aromatic heterocycles. The molecule has 0 radical (unpaired) electrons. The second-order valence-electron chi connectivity index (χ2n) is 2.39. The Morgan fingerprint density at radius 2 is 2.15 bits per heavy atom. The molecule has 1 N–H and O–H groups in total. The zero-order valence-corrected chi connectivity index (χ0v) is 7.89. The molecule has 0 heterocycles. The quantitative estimate of drug-likeness (QED) is 0.684. The summed E-state index contributed by atoms with van der Waals surface area (Å²) in [6.07, 6.45) is -0.415. The molecular weight excluding hydrogens is 205 g/mol. The molecule has 0 aliphatic carbocycles. The first-order valence-electron chi connectivity index (χ1n) is 3.60. The molecule has 76 valence electrons. The molecule has 0 amide bonds. The maximum Gasteiger partial charge on any atom is 0.695 e. The lowest BCUT2D eigenvalue weighted by molar-refractivity contribution is -0.146. The smallest absolute Gasteiger partial charge is 0.290 e. The van der Waals surface area contributed by atoms with Crippen LogP contribution in [0.15, 0.2) is 0 Å². The lowest BCUT2D eigenvalue weighted by atomic mass is 10.1. The van der Waals surface area contributed by atoms with Crippen LogP contribution in [0.25, 0.3) is 0 Å². The predicted octanol–water partition coefficient (Wildman–Crippen LogP) is 1.66. The summed E-state index contributed by atoms with van der Waals surface area (Å²) in [7, 11) is -2.99. The Morgan fingerprint density at radius 1 is 1.62 bits per heavy atom. The molecule has 0 aromatic rings. The third kappa shape index (κ3) is 4.98. The van der Waals surface area contributed by atoms with Crippen molar-refractivity contribution >= 4 is 14.0 Å². The third-order valence-electron chi connectivity index (χ3n) is 1.28. The highest BCUT2D eigenvalue weighted by Crippen LogP contribution is 2.23. The van der Waals surface area contributed by atoms with Crippen molar-refractivity contribution in [2.24, 2.45) is 0 Å². The molecule has 7 heteroatoms. The largest absolute Gasteiger partial charge is 0.695 e. The van der Waals surface area contributed by atoms with Crippen molar-refractivity contribution in [1.29, 1.82) is 0 Å². The summed E-state index contributed by atoms with van der Waals surface area (Å²) < 4.78 is 39.1. The van der Waals surface area contributed by atoms with Crippen LogP contribution in [-0.4, -0.2) is 23.2 Å². The molecule has 0 bridgehead atoms. The molecule has 0 aliphatic rings. The summed E-state index contributed by atoms with van der Waals surface area (Å²) in [6, 6.07) is 0. The van der Waals surface area contributed by atoms with Gasteiger partial charge in [-0.25, -0.2) is 0 Å². The van der Waals surface area contributed by atoms with E-state index < -0.39 is 33.0 Å². The zero-order chi connectivity index (χ0) is 10.5. The van der Waals surface area contributed by atoms with Crippen molar-refractivity contribution in [2.75, 3.05) is 6.61 Å². The average molecular weight is 215 g/mol. The molecule has 4 nitrogen and oxygen atoms in total. The Balaban J connectivity index is 4.01. The van der Waals surface area contributed by atoms with E-state index in [4.69, 9.17) is 4.89 Å². The average Bonchev–Trinajstić information content (AvgIpc) is 1.99. The summed E-state index contributed by atoms with van der Waals surface area (Å²) in [4.78, 5) is 18.7. The van der Waals surface area contributed by atoms with Gasteiger partial charge in [-0.3, -0.25) is 4.79 Å². The number of carbonyl (C=O) groups excluding carboxylic acids is 1. The van der Waals surface area contributed by atoms with Crippen LogP contribution in [0.1, 0.15) is 19.8 Å². The standard InChI is InChI=1S/C6H9F2O4P/c1-2-3-6(7,8)5(9)4-12-13(10)11/h2-4H2,1H3/p+1. The van der Waals surface area contributed by atoms with Gasteiger partial charge in [-0.15, -0.1) is 9.42 Å². The highest BCUT2D eigenvalue weighted by molar-refractivity contribution is 7.32. The number of hydrogen-bond acceptors (Lipinski definition) is 3. The van der Waals surface area contributed by atoms with Crippen LogP contribution in [0.5, 0.6) is 0 Å². The zero-order valence-electron chi connectivity index (χ0n) is 7.00. The second kappa shape index (κ2) is 5.32. The minimum atomic E-state index is -3.46. The van der Waals surface area contributed by atoms with Gasteiger partial charge in [-0.05, 0) is 6.42 Å². The number of rotatable bonds is 6. The van der Waals surface area contributed by atoms with E-state index in [1.807, 2.05) is 0 Å². The van der Waals surface area contributed by atoms with Crippen molar-refractivity contribution in [3.8, 4) is 0 Å². The van der Waals surface area contributed by atoms with Gasteiger partial charge < -0.3 is 0 Å². The Hall–Kier alpha value is -0.450. The van der Waals surface area contributed by atoms with Gasteiger partial charge >= 0.3 is 14.2 Å². The second-order valence-corrected chi connectivity index (χ2v) is 3.12. The van der Waals surface area contributed by atoms with Crippen molar-refractivity contribution in [3.63, 3.8) is 0 Å². The van der Waals surface area contributed by atoms with Gasteiger partial charge in [-0.1, -0.05) is 6.92 Å². The van der Waals surface area contributed by atoms with E-state index >= 15 is 0 Å². The van der Waals surface area contributed by atoms with Gasteiger partial charge in [0.15, 0.2) is 6.61 Å². The van der Waals surface area contributed by atoms with E-state index in [0.717, 1.165) is 0 Å². The molecule has 0 spiro atoms. The number of halogens is 2. The van der Waals surface area contributed by atoms with Crippen LogP contribution in [0.4, 0.5) is 8.78 Å². The fourth-order valence-electron chi connectivity index (χ4n) is 0.673. The molecule has 0 aromatic carbocycles. The number of ketones is 1. The SMILES string of the molecule is CCCC(F)(F)C(=O)CO[P+](=O)O. The van der Waals surface area contributed by atoms with Gasteiger partial charge in [-0.2, -0.15) is 8.78 Å². The fourth-order valence-corrected chi connectivity index (χ4v) is 0.901. The predicted molar refractivity (Wildman–Crippen MR) is 40.6 cm³/mol. The highest BCUT2D eigenvalue weighted by Gasteiger charge is 2.38. The van der Waals surface area contributed by atoms with E-state index in [9.17, 15) is 18.1 Å². The highest BCUT2D eigenvalue weighted by atomic mass is 31.1. The molecule has 0 saturated heterocycles. The first-order chi connectivity index (χ1) is 5.90. The first kappa shape index (κ1) is 12.6. The van der Waals surface area contributed by atoms with Gasteiger partial charge in [0, 0.05) is 11.0 Å². The molecular formula is C6H10F2O4P+. The van der Waals surface area contributed by atoms with Gasteiger partial charge in [0.05, 0.1) is 0 Å².